The molecule has 4 aromatic carbocycles. The van der Waals surface area contributed by atoms with Crippen LogP contribution in [-0.2, 0) is 12.8 Å². The Bertz CT molecular complexity index is 1040. The van der Waals surface area contributed by atoms with Crippen molar-refractivity contribution < 1.29 is 0 Å². The third-order valence-corrected chi connectivity index (χ3v) is 5.41. The summed E-state index contributed by atoms with van der Waals surface area (Å²) in [5.74, 6) is 0. The van der Waals surface area contributed by atoms with Crippen molar-refractivity contribution in [2.45, 2.75) is 12.8 Å². The van der Waals surface area contributed by atoms with Gasteiger partial charge in [-0.2, -0.15) is 0 Å². The lowest BCUT2D eigenvalue weighted by atomic mass is 10.1. The fraction of sp³-hybridized carbons (Fsp3) is 0.314. The molecule has 0 saturated heterocycles. The Morgan fingerprint density at radius 3 is 0.658 bits per heavy atom. The van der Waals surface area contributed by atoms with Crippen LogP contribution in [0.5, 0.6) is 0 Å². The van der Waals surface area contributed by atoms with Crippen molar-refractivity contribution in [1.29, 1.82) is 0 Å². The summed E-state index contributed by atoms with van der Waals surface area (Å²) >= 11 is 0. The molecule has 0 unspecified atom stereocenters. The Morgan fingerprint density at radius 1 is 0.316 bits per heavy atom. The maximum Gasteiger partial charge on any atom is -0.00135 e. The molecule has 202 valence electrons. The van der Waals surface area contributed by atoms with Gasteiger partial charge in [0.05, 0.1) is 0 Å². The predicted molar refractivity (Wildman–Crippen MR) is 168 cm³/mol. The molecule has 0 aromatic heterocycles. The summed E-state index contributed by atoms with van der Waals surface area (Å²) in [5.41, 5.74) is 11.5. The average Bonchev–Trinajstić information content (AvgIpc) is 3.42. The van der Waals surface area contributed by atoms with Gasteiger partial charge in [-0.3, -0.25) is 0 Å². The van der Waals surface area contributed by atoms with Crippen molar-refractivity contribution in [3.8, 4) is 22.3 Å². The fourth-order valence-corrected chi connectivity index (χ4v) is 4.16. The van der Waals surface area contributed by atoms with Crippen LogP contribution in [0.25, 0.3) is 22.3 Å². The van der Waals surface area contributed by atoms with Gasteiger partial charge in [-0.25, -0.2) is 0 Å². The van der Waals surface area contributed by atoms with E-state index < -0.39 is 0 Å². The third-order valence-electron chi connectivity index (χ3n) is 5.41. The summed E-state index contributed by atoms with van der Waals surface area (Å²) in [7, 11) is 18.0. The zero-order chi connectivity index (χ0) is 28.1. The van der Waals surface area contributed by atoms with Crippen molar-refractivity contribution in [1.82, 2.24) is 14.7 Å². The predicted octanol–water partition coefficient (Wildman–Crippen LogP) is 7.05. The van der Waals surface area contributed by atoms with Crippen LogP contribution in [-0.4, -0.2) is 78.1 Å². The smallest absolute Gasteiger partial charge is 0.00135 e. The standard InChI is InChI=1S/2C13H10.3C3H9N/c2*1-3-7-12-10(5-1)9-11-6-2-4-8-13(11)12;3*1-4(2)3/h2*1-8H,9H2;3*1-3H3. The molecule has 0 heterocycles. The molecule has 0 spiro atoms. The van der Waals surface area contributed by atoms with Gasteiger partial charge in [0, 0.05) is 0 Å². The molecule has 4 aromatic rings. The maximum atomic E-state index is 2.22. The lowest BCUT2D eigenvalue weighted by molar-refractivity contribution is 0.505. The molecule has 0 amide bonds. The second-order valence-corrected chi connectivity index (χ2v) is 11.0. The Kier molecular flexibility index (Phi) is 12.9. The molecule has 0 atom stereocenters. The van der Waals surface area contributed by atoms with Crippen molar-refractivity contribution >= 4 is 0 Å². The van der Waals surface area contributed by atoms with Crippen LogP contribution in [0.15, 0.2) is 97.1 Å². The fourth-order valence-electron chi connectivity index (χ4n) is 4.16. The number of nitrogens with zero attached hydrogens (tertiary/aromatic N) is 3. The third kappa shape index (κ3) is 10.3. The average molecular weight is 510 g/mol. The molecule has 6 rings (SSSR count). The molecule has 0 bridgehead atoms. The Morgan fingerprint density at radius 2 is 0.474 bits per heavy atom. The first-order chi connectivity index (χ1) is 18.1. The van der Waals surface area contributed by atoms with Crippen molar-refractivity contribution in [3.63, 3.8) is 0 Å². The quantitative estimate of drug-likeness (QED) is 0.217. The first kappa shape index (κ1) is 31.0. The van der Waals surface area contributed by atoms with Crippen LogP contribution in [0.1, 0.15) is 22.3 Å². The van der Waals surface area contributed by atoms with Crippen LogP contribution in [0, 0.1) is 0 Å². The molecule has 3 nitrogen and oxygen atoms in total. The van der Waals surface area contributed by atoms with Gasteiger partial charge in [0.25, 0.3) is 0 Å². The first-order valence-corrected chi connectivity index (χ1v) is 13.2. The van der Waals surface area contributed by atoms with E-state index in [-0.39, 0.29) is 0 Å². The number of fused-ring (bicyclic) bond motifs is 6. The molecule has 0 radical (unpaired) electrons. The maximum absolute atomic E-state index is 2.22. The van der Waals surface area contributed by atoms with E-state index in [1.807, 2.05) is 78.1 Å². The van der Waals surface area contributed by atoms with Crippen LogP contribution < -0.4 is 0 Å². The molecule has 0 fully saturated rings. The van der Waals surface area contributed by atoms with Crippen molar-refractivity contribution in [3.05, 3.63) is 119 Å². The lowest BCUT2D eigenvalue weighted by Crippen LogP contribution is -1.99. The molecule has 0 aliphatic heterocycles. The summed E-state index contributed by atoms with van der Waals surface area (Å²) < 4.78 is 0. The number of hydrogen-bond donors (Lipinski definition) is 0. The molecular weight excluding hydrogens is 462 g/mol. The minimum Gasteiger partial charge on any atom is -0.312 e. The Balaban J connectivity index is 0.000000190. The zero-order valence-corrected chi connectivity index (χ0v) is 25.0. The highest BCUT2D eigenvalue weighted by molar-refractivity contribution is 5.77. The first-order valence-electron chi connectivity index (χ1n) is 13.2. The molecular formula is C35H47N3. The van der Waals surface area contributed by atoms with Gasteiger partial charge >= 0.3 is 0 Å². The van der Waals surface area contributed by atoms with Gasteiger partial charge in [-0.1, -0.05) is 97.1 Å². The van der Waals surface area contributed by atoms with Crippen molar-refractivity contribution in [2.24, 2.45) is 0 Å². The van der Waals surface area contributed by atoms with E-state index in [0.717, 1.165) is 12.8 Å². The Labute approximate surface area is 232 Å². The van der Waals surface area contributed by atoms with E-state index in [0.29, 0.717) is 0 Å². The summed E-state index contributed by atoms with van der Waals surface area (Å²) in [5, 5.41) is 0. The second-order valence-electron chi connectivity index (χ2n) is 11.0. The largest absolute Gasteiger partial charge is 0.312 e. The van der Waals surface area contributed by atoms with Crippen molar-refractivity contribution in [2.75, 3.05) is 63.4 Å². The highest BCUT2D eigenvalue weighted by atomic mass is 15.0. The minimum absolute atomic E-state index is 1.10. The summed E-state index contributed by atoms with van der Waals surface area (Å²) in [6.45, 7) is 0. The second kappa shape index (κ2) is 15.9. The summed E-state index contributed by atoms with van der Waals surface area (Å²) in [6.07, 6.45) is 2.21. The van der Waals surface area contributed by atoms with Gasteiger partial charge in [0.1, 0.15) is 0 Å². The molecule has 3 heteroatoms. The zero-order valence-electron chi connectivity index (χ0n) is 25.0. The molecule has 0 saturated carbocycles. The van der Waals surface area contributed by atoms with Gasteiger partial charge in [-0.05, 0) is 121 Å². The molecule has 38 heavy (non-hydrogen) atoms. The number of hydrogen-bond acceptors (Lipinski definition) is 3. The van der Waals surface area contributed by atoms with Gasteiger partial charge in [0.2, 0.25) is 0 Å². The summed E-state index contributed by atoms with van der Waals surface area (Å²) in [4.78, 5) is 6.00. The monoisotopic (exact) mass is 509 g/mol. The number of rotatable bonds is 0. The van der Waals surface area contributed by atoms with Crippen LogP contribution in [0.4, 0.5) is 0 Å². The minimum atomic E-state index is 1.10. The van der Waals surface area contributed by atoms with Gasteiger partial charge in [-0.15, -0.1) is 0 Å². The Hall–Kier alpha value is -3.24. The van der Waals surface area contributed by atoms with Gasteiger partial charge in [0.15, 0.2) is 0 Å². The molecule has 2 aliphatic rings. The highest BCUT2D eigenvalue weighted by Gasteiger charge is 2.16. The van der Waals surface area contributed by atoms with E-state index in [4.69, 9.17) is 0 Å². The van der Waals surface area contributed by atoms with E-state index in [1.165, 1.54) is 44.5 Å². The topological polar surface area (TPSA) is 9.72 Å². The van der Waals surface area contributed by atoms with Crippen LogP contribution in [0.3, 0.4) is 0 Å². The van der Waals surface area contributed by atoms with E-state index in [1.54, 1.807) is 0 Å². The van der Waals surface area contributed by atoms with E-state index >= 15 is 0 Å². The number of benzene rings is 4. The van der Waals surface area contributed by atoms with E-state index in [9.17, 15) is 0 Å². The van der Waals surface area contributed by atoms with Crippen LogP contribution in [0.2, 0.25) is 0 Å². The normalized spacial score (nSPS) is 11.3. The highest BCUT2D eigenvalue weighted by Crippen LogP contribution is 2.36. The van der Waals surface area contributed by atoms with E-state index in [2.05, 4.69) is 97.1 Å². The lowest BCUT2D eigenvalue weighted by Gasteiger charge is -1.98. The molecule has 2 aliphatic carbocycles. The SMILES string of the molecule is CN(C)C.CN(C)C.CN(C)C.c1ccc2c(c1)Cc1ccccc1-2.c1ccc2c(c1)Cc1ccccc1-2. The van der Waals surface area contributed by atoms with Crippen LogP contribution >= 0.6 is 0 Å². The van der Waals surface area contributed by atoms with Gasteiger partial charge < -0.3 is 14.7 Å². The summed E-state index contributed by atoms with van der Waals surface area (Å²) in [6, 6.07) is 34.6. The molecule has 0 N–H and O–H groups in total.